The van der Waals surface area contributed by atoms with Crippen LogP contribution >= 0.6 is 0 Å². The zero-order chi connectivity index (χ0) is 21.2. The number of hydrogen-bond donors (Lipinski definition) is 1. The van der Waals surface area contributed by atoms with Gasteiger partial charge < -0.3 is 9.50 Å². The van der Waals surface area contributed by atoms with Crippen LogP contribution in [0.25, 0.3) is 16.9 Å². The SMILES string of the molecule is C[C@H](C#N)Nc1cc(-c2ccc3cc(C#N)cnn23)ncc1C(=O)OS(C)(=O)=O. The van der Waals surface area contributed by atoms with Crippen molar-refractivity contribution < 1.29 is 17.4 Å². The molecular formula is C18H14N6O4S. The largest absolute Gasteiger partial charge is 0.369 e. The van der Waals surface area contributed by atoms with E-state index >= 15 is 0 Å². The quantitative estimate of drug-likeness (QED) is 0.620. The van der Waals surface area contributed by atoms with Crippen LogP contribution in [0.2, 0.25) is 0 Å². The maximum atomic E-state index is 12.2. The topological polar surface area (TPSA) is 150 Å². The van der Waals surface area contributed by atoms with Crippen molar-refractivity contribution in [1.82, 2.24) is 14.6 Å². The lowest BCUT2D eigenvalue weighted by atomic mass is 10.1. The molecule has 29 heavy (non-hydrogen) atoms. The highest BCUT2D eigenvalue weighted by molar-refractivity contribution is 7.86. The number of pyridine rings is 1. The molecule has 3 aromatic heterocycles. The minimum atomic E-state index is -4.02. The molecule has 0 spiro atoms. The number of aromatic nitrogens is 3. The highest BCUT2D eigenvalue weighted by Gasteiger charge is 2.21. The van der Waals surface area contributed by atoms with Crippen molar-refractivity contribution in [2.75, 3.05) is 11.6 Å². The van der Waals surface area contributed by atoms with E-state index in [1.54, 1.807) is 29.6 Å². The Morgan fingerprint density at radius 1 is 1.28 bits per heavy atom. The van der Waals surface area contributed by atoms with E-state index < -0.39 is 22.1 Å². The number of nitriles is 2. The number of nitrogens with zero attached hydrogens (tertiary/aromatic N) is 5. The van der Waals surface area contributed by atoms with Crippen molar-refractivity contribution >= 4 is 27.3 Å². The van der Waals surface area contributed by atoms with Crippen molar-refractivity contribution in [3.8, 4) is 23.5 Å². The zero-order valence-electron chi connectivity index (χ0n) is 15.3. The van der Waals surface area contributed by atoms with Gasteiger partial charge in [-0.25, -0.2) is 9.31 Å². The molecule has 0 aliphatic rings. The molecule has 3 rings (SSSR count). The van der Waals surface area contributed by atoms with Crippen molar-refractivity contribution in [2.45, 2.75) is 13.0 Å². The first-order chi connectivity index (χ1) is 13.7. The molecule has 11 heteroatoms. The van der Waals surface area contributed by atoms with Gasteiger partial charge in [0.05, 0.1) is 46.7 Å². The smallest absolute Gasteiger partial charge is 0.357 e. The second-order valence-electron chi connectivity index (χ2n) is 6.10. The molecule has 1 atom stereocenters. The fraction of sp³-hybridized carbons (Fsp3) is 0.167. The van der Waals surface area contributed by atoms with Crippen LogP contribution in [0.4, 0.5) is 5.69 Å². The fourth-order valence-corrected chi connectivity index (χ4v) is 2.94. The van der Waals surface area contributed by atoms with E-state index in [9.17, 15) is 13.2 Å². The maximum Gasteiger partial charge on any atom is 0.357 e. The Balaban J connectivity index is 2.10. The van der Waals surface area contributed by atoms with Crippen molar-refractivity contribution in [3.63, 3.8) is 0 Å². The lowest BCUT2D eigenvalue weighted by molar-refractivity contribution is 0.0749. The molecule has 0 aromatic carbocycles. The van der Waals surface area contributed by atoms with Crippen LogP contribution in [0.1, 0.15) is 22.8 Å². The molecule has 3 aromatic rings. The number of nitrogens with one attached hydrogen (secondary N) is 1. The second-order valence-corrected chi connectivity index (χ2v) is 7.67. The van der Waals surface area contributed by atoms with Crippen LogP contribution in [0, 0.1) is 22.7 Å². The minimum Gasteiger partial charge on any atom is -0.369 e. The third kappa shape index (κ3) is 4.31. The van der Waals surface area contributed by atoms with Gasteiger partial charge in [-0.1, -0.05) is 0 Å². The normalized spacial score (nSPS) is 12.0. The van der Waals surface area contributed by atoms with E-state index in [0.29, 0.717) is 22.5 Å². The van der Waals surface area contributed by atoms with E-state index in [2.05, 4.69) is 19.6 Å². The van der Waals surface area contributed by atoms with Crippen molar-refractivity contribution in [2.24, 2.45) is 0 Å². The molecule has 3 heterocycles. The van der Waals surface area contributed by atoms with Crippen molar-refractivity contribution in [1.29, 1.82) is 10.5 Å². The van der Waals surface area contributed by atoms with Gasteiger partial charge >= 0.3 is 16.1 Å². The summed E-state index contributed by atoms with van der Waals surface area (Å²) in [6.07, 6.45) is 3.33. The predicted octanol–water partition coefficient (Wildman–Crippen LogP) is 1.71. The van der Waals surface area contributed by atoms with Crippen LogP contribution < -0.4 is 5.32 Å². The van der Waals surface area contributed by atoms with Gasteiger partial charge in [-0.3, -0.25) is 4.98 Å². The molecular weight excluding hydrogens is 396 g/mol. The summed E-state index contributed by atoms with van der Waals surface area (Å²) in [6.45, 7) is 1.57. The Kier molecular flexibility index (Phi) is 5.17. The molecule has 0 saturated heterocycles. The first-order valence-electron chi connectivity index (χ1n) is 8.20. The molecule has 0 unspecified atom stereocenters. The van der Waals surface area contributed by atoms with Crippen LogP contribution in [0.15, 0.2) is 36.7 Å². The average Bonchev–Trinajstić information content (AvgIpc) is 3.09. The van der Waals surface area contributed by atoms with Gasteiger partial charge in [-0.05, 0) is 31.2 Å². The summed E-state index contributed by atoms with van der Waals surface area (Å²) in [5.41, 5.74) is 2.09. The van der Waals surface area contributed by atoms with Gasteiger partial charge in [0, 0.05) is 6.20 Å². The number of rotatable bonds is 5. The summed E-state index contributed by atoms with van der Waals surface area (Å²) < 4.78 is 28.6. The number of carbonyl (C=O) groups excluding carboxylic acids is 1. The summed E-state index contributed by atoms with van der Waals surface area (Å²) >= 11 is 0. The summed E-state index contributed by atoms with van der Waals surface area (Å²) in [5.74, 6) is -1.11. The molecule has 10 nitrogen and oxygen atoms in total. The van der Waals surface area contributed by atoms with Gasteiger partial charge in [0.1, 0.15) is 17.7 Å². The van der Waals surface area contributed by atoms with E-state index in [-0.39, 0.29) is 11.3 Å². The monoisotopic (exact) mass is 410 g/mol. The molecule has 0 aliphatic heterocycles. The average molecular weight is 410 g/mol. The van der Waals surface area contributed by atoms with Crippen LogP contribution in [-0.4, -0.2) is 41.3 Å². The van der Waals surface area contributed by atoms with Gasteiger partial charge in [-0.15, -0.1) is 0 Å². The summed E-state index contributed by atoms with van der Waals surface area (Å²) in [7, 11) is -4.02. The van der Waals surface area contributed by atoms with Crippen molar-refractivity contribution in [3.05, 3.63) is 47.8 Å². The number of fused-ring (bicyclic) bond motifs is 1. The molecule has 0 radical (unpaired) electrons. The summed E-state index contributed by atoms with van der Waals surface area (Å²) in [4.78, 5) is 16.4. The predicted molar refractivity (Wildman–Crippen MR) is 102 cm³/mol. The third-order valence-corrected chi connectivity index (χ3v) is 4.26. The summed E-state index contributed by atoms with van der Waals surface area (Å²) in [6, 6.07) is 9.95. The van der Waals surface area contributed by atoms with Crippen LogP contribution in [-0.2, 0) is 14.3 Å². The molecule has 0 bridgehead atoms. The van der Waals surface area contributed by atoms with Gasteiger partial charge in [-0.2, -0.15) is 24.0 Å². The lowest BCUT2D eigenvalue weighted by Gasteiger charge is -2.13. The molecule has 0 amide bonds. The lowest BCUT2D eigenvalue weighted by Crippen LogP contribution is -2.18. The number of carbonyl (C=O) groups is 1. The van der Waals surface area contributed by atoms with E-state index in [1.807, 2.05) is 12.1 Å². The van der Waals surface area contributed by atoms with Gasteiger partial charge in [0.25, 0.3) is 0 Å². The van der Waals surface area contributed by atoms with E-state index in [1.165, 1.54) is 12.3 Å². The Labute approximate surface area is 166 Å². The molecule has 0 saturated carbocycles. The Hall–Kier alpha value is -3.96. The van der Waals surface area contributed by atoms with Gasteiger partial charge in [0.15, 0.2) is 0 Å². The molecule has 146 valence electrons. The molecule has 1 N–H and O–H groups in total. The Morgan fingerprint density at radius 2 is 2.03 bits per heavy atom. The maximum absolute atomic E-state index is 12.2. The number of hydrogen-bond acceptors (Lipinski definition) is 9. The first kappa shape index (κ1) is 19.8. The Bertz CT molecular complexity index is 1300. The van der Waals surface area contributed by atoms with E-state index in [4.69, 9.17) is 10.5 Å². The number of anilines is 1. The van der Waals surface area contributed by atoms with E-state index in [0.717, 1.165) is 12.5 Å². The highest BCUT2D eigenvalue weighted by atomic mass is 32.2. The molecule has 0 aliphatic carbocycles. The first-order valence-corrected chi connectivity index (χ1v) is 10.0. The van der Waals surface area contributed by atoms with Gasteiger partial charge in [0.2, 0.25) is 0 Å². The summed E-state index contributed by atoms with van der Waals surface area (Å²) in [5, 5.41) is 25.1. The minimum absolute atomic E-state index is 0.137. The molecule has 0 fully saturated rings. The van der Waals surface area contributed by atoms with Crippen LogP contribution in [0.5, 0.6) is 0 Å². The standard InChI is InChI=1S/C18H14N6O4S/c1-11(7-19)23-15-6-16(21-10-14(15)18(25)28-29(2,26)27)17-4-3-13-5-12(8-20)9-22-24(13)17/h3-6,9-11H,1-2H3,(H,21,23)/t11-/m1/s1. The highest BCUT2D eigenvalue weighted by Crippen LogP contribution is 2.26. The second kappa shape index (κ2) is 7.58. The Morgan fingerprint density at radius 3 is 2.69 bits per heavy atom. The zero-order valence-corrected chi connectivity index (χ0v) is 16.1. The fourth-order valence-electron chi connectivity index (χ4n) is 2.58. The van der Waals surface area contributed by atoms with Crippen LogP contribution in [0.3, 0.4) is 0 Å². The third-order valence-electron chi connectivity index (χ3n) is 3.81.